The Morgan fingerprint density at radius 3 is 2.91 bits per heavy atom. The lowest BCUT2D eigenvalue weighted by atomic mass is 10.1. The molecule has 1 aromatic heterocycles. The SMILES string of the molecule is CN1CCC(NCc2cn(Cc3cc(O)ccc3Cl)nn2)CC1. The number of aromatic nitrogens is 3. The van der Waals surface area contributed by atoms with Gasteiger partial charge < -0.3 is 15.3 Å². The number of phenols is 1. The molecule has 1 aliphatic rings. The van der Waals surface area contributed by atoms with Crippen LogP contribution in [0.2, 0.25) is 5.02 Å². The number of rotatable bonds is 5. The lowest BCUT2D eigenvalue weighted by molar-refractivity contribution is 0.233. The lowest BCUT2D eigenvalue weighted by Gasteiger charge is -2.29. The van der Waals surface area contributed by atoms with Crippen molar-refractivity contribution < 1.29 is 5.11 Å². The fourth-order valence-corrected chi connectivity index (χ4v) is 2.99. The van der Waals surface area contributed by atoms with Crippen LogP contribution in [-0.4, -0.2) is 51.2 Å². The topological polar surface area (TPSA) is 66.2 Å². The molecular formula is C16H22ClN5O. The average Bonchev–Trinajstić information content (AvgIpc) is 2.98. The maximum absolute atomic E-state index is 9.55. The van der Waals surface area contributed by atoms with Crippen molar-refractivity contribution in [2.45, 2.75) is 32.0 Å². The molecule has 1 saturated heterocycles. The van der Waals surface area contributed by atoms with Crippen molar-refractivity contribution in [2.24, 2.45) is 0 Å². The van der Waals surface area contributed by atoms with Crippen LogP contribution in [0.15, 0.2) is 24.4 Å². The minimum Gasteiger partial charge on any atom is -0.508 e. The minimum absolute atomic E-state index is 0.202. The van der Waals surface area contributed by atoms with E-state index in [0.29, 0.717) is 17.6 Å². The third-order valence-electron chi connectivity index (χ3n) is 4.24. The first-order chi connectivity index (χ1) is 11.1. The zero-order chi connectivity index (χ0) is 16.2. The highest BCUT2D eigenvalue weighted by molar-refractivity contribution is 6.31. The lowest BCUT2D eigenvalue weighted by Crippen LogP contribution is -2.40. The summed E-state index contributed by atoms with van der Waals surface area (Å²) in [5.74, 6) is 0.202. The van der Waals surface area contributed by atoms with Gasteiger partial charge in [-0.15, -0.1) is 5.10 Å². The average molecular weight is 336 g/mol. The number of benzene rings is 1. The number of hydrogen-bond acceptors (Lipinski definition) is 5. The maximum atomic E-state index is 9.55. The Morgan fingerprint density at radius 2 is 2.13 bits per heavy atom. The predicted octanol–water partition coefficient (Wildman–Crippen LogP) is 1.87. The molecule has 23 heavy (non-hydrogen) atoms. The summed E-state index contributed by atoms with van der Waals surface area (Å²) in [6.45, 7) is 3.50. The molecule has 0 saturated carbocycles. The first kappa shape index (κ1) is 16.2. The zero-order valence-corrected chi connectivity index (χ0v) is 14.0. The van der Waals surface area contributed by atoms with E-state index in [9.17, 15) is 5.11 Å². The summed E-state index contributed by atoms with van der Waals surface area (Å²) in [7, 11) is 2.16. The molecule has 6 nitrogen and oxygen atoms in total. The van der Waals surface area contributed by atoms with E-state index in [0.717, 1.165) is 30.9 Å². The van der Waals surface area contributed by atoms with Gasteiger partial charge in [0.1, 0.15) is 5.75 Å². The number of nitrogens with one attached hydrogen (secondary N) is 1. The van der Waals surface area contributed by atoms with Crippen LogP contribution in [0.3, 0.4) is 0 Å². The van der Waals surface area contributed by atoms with Gasteiger partial charge in [0.15, 0.2) is 0 Å². The summed E-state index contributed by atoms with van der Waals surface area (Å²) >= 11 is 6.14. The normalized spacial score (nSPS) is 16.8. The molecule has 2 N–H and O–H groups in total. The summed E-state index contributed by atoms with van der Waals surface area (Å²) in [4.78, 5) is 2.35. The van der Waals surface area contributed by atoms with Crippen LogP contribution in [0.5, 0.6) is 5.75 Å². The zero-order valence-electron chi connectivity index (χ0n) is 13.2. The van der Waals surface area contributed by atoms with E-state index in [1.165, 1.54) is 12.8 Å². The van der Waals surface area contributed by atoms with Crippen LogP contribution in [0.1, 0.15) is 24.1 Å². The molecule has 1 fully saturated rings. The highest BCUT2D eigenvalue weighted by Gasteiger charge is 2.16. The molecule has 0 spiro atoms. The van der Waals surface area contributed by atoms with Gasteiger partial charge in [-0.05, 0) is 56.7 Å². The van der Waals surface area contributed by atoms with Crippen LogP contribution in [0.25, 0.3) is 0 Å². The van der Waals surface area contributed by atoms with Gasteiger partial charge in [-0.2, -0.15) is 0 Å². The summed E-state index contributed by atoms with van der Waals surface area (Å²) in [6.07, 6.45) is 4.26. The van der Waals surface area contributed by atoms with Crippen molar-refractivity contribution in [3.63, 3.8) is 0 Å². The molecule has 7 heteroatoms. The van der Waals surface area contributed by atoms with E-state index in [4.69, 9.17) is 11.6 Å². The molecule has 1 aromatic carbocycles. The van der Waals surface area contributed by atoms with Gasteiger partial charge in [0, 0.05) is 17.6 Å². The first-order valence-corrected chi connectivity index (χ1v) is 8.26. The van der Waals surface area contributed by atoms with Crippen molar-refractivity contribution in [3.05, 3.63) is 40.7 Å². The van der Waals surface area contributed by atoms with Gasteiger partial charge in [0.2, 0.25) is 0 Å². The van der Waals surface area contributed by atoms with E-state index in [2.05, 4.69) is 27.6 Å². The van der Waals surface area contributed by atoms with E-state index in [-0.39, 0.29) is 5.75 Å². The highest BCUT2D eigenvalue weighted by Crippen LogP contribution is 2.21. The second kappa shape index (κ2) is 7.29. The van der Waals surface area contributed by atoms with Crippen LogP contribution < -0.4 is 5.32 Å². The molecule has 3 rings (SSSR count). The fraction of sp³-hybridized carbons (Fsp3) is 0.500. The van der Waals surface area contributed by atoms with Gasteiger partial charge in [0.25, 0.3) is 0 Å². The molecule has 2 heterocycles. The Balaban J connectivity index is 1.54. The second-order valence-corrected chi connectivity index (χ2v) is 6.55. The van der Waals surface area contributed by atoms with Gasteiger partial charge in [-0.25, -0.2) is 4.68 Å². The number of nitrogens with zero attached hydrogens (tertiary/aromatic N) is 4. The molecule has 1 aliphatic heterocycles. The minimum atomic E-state index is 0.202. The molecule has 0 radical (unpaired) electrons. The number of aromatic hydroxyl groups is 1. The smallest absolute Gasteiger partial charge is 0.116 e. The van der Waals surface area contributed by atoms with Crippen LogP contribution in [0, 0.1) is 0 Å². The molecule has 124 valence electrons. The third-order valence-corrected chi connectivity index (χ3v) is 4.61. The summed E-state index contributed by atoms with van der Waals surface area (Å²) in [5.41, 5.74) is 1.74. The summed E-state index contributed by atoms with van der Waals surface area (Å²) in [6, 6.07) is 5.47. The second-order valence-electron chi connectivity index (χ2n) is 6.14. The fourth-order valence-electron chi connectivity index (χ4n) is 2.82. The van der Waals surface area contributed by atoms with Gasteiger partial charge in [0.05, 0.1) is 18.4 Å². The molecule has 0 unspecified atom stereocenters. The van der Waals surface area contributed by atoms with Crippen molar-refractivity contribution in [1.82, 2.24) is 25.2 Å². The predicted molar refractivity (Wildman–Crippen MR) is 89.6 cm³/mol. The molecule has 0 atom stereocenters. The summed E-state index contributed by atoms with van der Waals surface area (Å²) < 4.78 is 1.74. The molecule has 0 aliphatic carbocycles. The Bertz CT molecular complexity index is 652. The number of halogens is 1. The number of likely N-dealkylation sites (tertiary alicyclic amines) is 1. The largest absolute Gasteiger partial charge is 0.508 e. The van der Waals surface area contributed by atoms with Gasteiger partial charge in [-0.3, -0.25) is 0 Å². The van der Waals surface area contributed by atoms with E-state index in [1.54, 1.807) is 22.9 Å². The standard InChI is InChI=1S/C16H22ClN5O/c1-21-6-4-13(5-7-21)18-9-14-11-22(20-19-14)10-12-8-15(23)2-3-16(12)17/h2-3,8,11,13,18,23H,4-7,9-10H2,1H3. The Morgan fingerprint density at radius 1 is 1.35 bits per heavy atom. The van der Waals surface area contributed by atoms with E-state index < -0.39 is 0 Å². The number of piperidine rings is 1. The Hall–Kier alpha value is -1.63. The highest BCUT2D eigenvalue weighted by atomic mass is 35.5. The van der Waals surface area contributed by atoms with Crippen LogP contribution in [0.4, 0.5) is 0 Å². The molecule has 0 bridgehead atoms. The summed E-state index contributed by atoms with van der Waals surface area (Å²) in [5, 5.41) is 22.0. The Kier molecular flexibility index (Phi) is 5.15. The van der Waals surface area contributed by atoms with Crippen molar-refractivity contribution in [2.75, 3.05) is 20.1 Å². The van der Waals surface area contributed by atoms with Crippen LogP contribution >= 0.6 is 11.6 Å². The van der Waals surface area contributed by atoms with Crippen molar-refractivity contribution in [1.29, 1.82) is 0 Å². The van der Waals surface area contributed by atoms with Gasteiger partial charge >= 0.3 is 0 Å². The number of hydrogen-bond donors (Lipinski definition) is 2. The quantitative estimate of drug-likeness (QED) is 0.873. The Labute approximate surface area is 141 Å². The van der Waals surface area contributed by atoms with Crippen LogP contribution in [-0.2, 0) is 13.1 Å². The van der Waals surface area contributed by atoms with Crippen molar-refractivity contribution >= 4 is 11.6 Å². The number of phenolic OH excluding ortho intramolecular Hbond substituents is 1. The molecule has 2 aromatic rings. The molecule has 0 amide bonds. The third kappa shape index (κ3) is 4.43. The van der Waals surface area contributed by atoms with Gasteiger partial charge in [-0.1, -0.05) is 16.8 Å². The van der Waals surface area contributed by atoms with E-state index >= 15 is 0 Å². The van der Waals surface area contributed by atoms with Crippen molar-refractivity contribution in [3.8, 4) is 5.75 Å². The molecular weight excluding hydrogens is 314 g/mol. The maximum Gasteiger partial charge on any atom is 0.116 e. The van der Waals surface area contributed by atoms with E-state index in [1.807, 2.05) is 6.20 Å². The monoisotopic (exact) mass is 335 g/mol. The first-order valence-electron chi connectivity index (χ1n) is 7.88.